The Labute approximate surface area is 125 Å². The lowest BCUT2D eigenvalue weighted by Gasteiger charge is -2.56. The number of carbonyl (C=O) groups is 1. The van der Waals surface area contributed by atoms with Crippen LogP contribution in [0.1, 0.15) is 51.9 Å². The van der Waals surface area contributed by atoms with E-state index in [0.29, 0.717) is 42.3 Å². The molecule has 5 rings (SSSR count). The Morgan fingerprint density at radius 1 is 1.24 bits per heavy atom. The number of fused-ring (bicyclic) bond motifs is 7. The molecule has 0 aromatic heterocycles. The Morgan fingerprint density at radius 3 is 2.95 bits per heavy atom. The van der Waals surface area contributed by atoms with Crippen LogP contribution in [-0.2, 0) is 9.53 Å². The van der Waals surface area contributed by atoms with Crippen LogP contribution >= 0.6 is 0 Å². The van der Waals surface area contributed by atoms with Crippen molar-refractivity contribution in [2.24, 2.45) is 23.2 Å². The number of ketones is 1. The first-order valence-corrected chi connectivity index (χ1v) is 8.64. The lowest BCUT2D eigenvalue weighted by Crippen LogP contribution is -2.55. The molecule has 0 aromatic rings. The van der Waals surface area contributed by atoms with Crippen LogP contribution in [0.4, 0.5) is 0 Å². The van der Waals surface area contributed by atoms with E-state index in [9.17, 15) is 9.90 Å². The molecule has 7 atom stereocenters. The third kappa shape index (κ3) is 1.49. The van der Waals surface area contributed by atoms with Gasteiger partial charge in [0.1, 0.15) is 0 Å². The summed E-state index contributed by atoms with van der Waals surface area (Å²) in [5.74, 6) is 1.95. The SMILES string of the molecule is C[C@]12CCC3C(CCC4=CC(=O)CC[C@@]43O)C1C[C@H]1O[C@H]12. The van der Waals surface area contributed by atoms with Gasteiger partial charge in [-0.15, -0.1) is 0 Å². The Balaban J connectivity index is 1.51. The van der Waals surface area contributed by atoms with Crippen molar-refractivity contribution in [1.82, 2.24) is 0 Å². The molecule has 0 bridgehead atoms. The summed E-state index contributed by atoms with van der Waals surface area (Å²) in [5.41, 5.74) is 0.725. The average molecular weight is 288 g/mol. The van der Waals surface area contributed by atoms with Gasteiger partial charge in [-0.3, -0.25) is 4.79 Å². The maximum absolute atomic E-state index is 11.7. The Kier molecular flexibility index (Phi) is 2.32. The van der Waals surface area contributed by atoms with Gasteiger partial charge in [0.15, 0.2) is 5.78 Å². The Bertz CT molecular complexity index is 553. The van der Waals surface area contributed by atoms with Crippen molar-refractivity contribution in [3.63, 3.8) is 0 Å². The molecule has 1 saturated heterocycles. The summed E-state index contributed by atoms with van der Waals surface area (Å²) in [4.78, 5) is 11.7. The molecule has 3 nitrogen and oxygen atoms in total. The van der Waals surface area contributed by atoms with Crippen molar-refractivity contribution in [1.29, 1.82) is 0 Å². The van der Waals surface area contributed by atoms with Crippen molar-refractivity contribution >= 4 is 5.78 Å². The van der Waals surface area contributed by atoms with Crippen LogP contribution in [0.3, 0.4) is 0 Å². The lowest BCUT2D eigenvalue weighted by molar-refractivity contribution is -0.128. The maximum atomic E-state index is 11.7. The van der Waals surface area contributed by atoms with Gasteiger partial charge >= 0.3 is 0 Å². The summed E-state index contributed by atoms with van der Waals surface area (Å²) in [7, 11) is 0. The lowest BCUT2D eigenvalue weighted by atomic mass is 9.50. The second-order valence-corrected chi connectivity index (χ2v) is 8.35. The van der Waals surface area contributed by atoms with Crippen LogP contribution in [0.15, 0.2) is 11.6 Å². The fourth-order valence-corrected chi connectivity index (χ4v) is 6.48. The van der Waals surface area contributed by atoms with Crippen molar-refractivity contribution in [2.45, 2.75) is 69.7 Å². The summed E-state index contributed by atoms with van der Waals surface area (Å²) in [5, 5.41) is 11.3. The number of rotatable bonds is 0. The van der Waals surface area contributed by atoms with Gasteiger partial charge in [-0.25, -0.2) is 0 Å². The highest BCUT2D eigenvalue weighted by Gasteiger charge is 2.68. The summed E-state index contributed by atoms with van der Waals surface area (Å²) in [6.45, 7) is 2.42. The molecule has 1 N–H and O–H groups in total. The quantitative estimate of drug-likeness (QED) is 0.697. The normalized spacial score (nSPS) is 57.7. The minimum absolute atomic E-state index is 0.212. The second kappa shape index (κ2) is 3.80. The third-order valence-corrected chi connectivity index (χ3v) is 7.60. The summed E-state index contributed by atoms with van der Waals surface area (Å²) in [6.07, 6.45) is 9.54. The highest BCUT2D eigenvalue weighted by molar-refractivity contribution is 5.92. The number of ether oxygens (including phenoxy) is 1. The van der Waals surface area contributed by atoms with E-state index in [-0.39, 0.29) is 5.78 Å². The minimum Gasteiger partial charge on any atom is -0.385 e. The Morgan fingerprint density at radius 2 is 2.10 bits per heavy atom. The highest BCUT2D eigenvalue weighted by atomic mass is 16.6. The van der Waals surface area contributed by atoms with Gasteiger partial charge in [-0.2, -0.15) is 0 Å². The number of carbonyl (C=O) groups excluding carboxylic acids is 1. The molecule has 1 heterocycles. The maximum Gasteiger partial charge on any atom is 0.155 e. The number of epoxide rings is 1. The first-order valence-electron chi connectivity index (χ1n) is 8.64. The van der Waals surface area contributed by atoms with Gasteiger partial charge in [0.25, 0.3) is 0 Å². The molecule has 5 aliphatic rings. The largest absolute Gasteiger partial charge is 0.385 e. The molecule has 0 amide bonds. The van der Waals surface area contributed by atoms with Crippen LogP contribution in [0.2, 0.25) is 0 Å². The molecule has 0 aromatic carbocycles. The zero-order valence-electron chi connectivity index (χ0n) is 12.7. The van der Waals surface area contributed by atoms with Gasteiger partial charge in [-0.05, 0) is 73.3 Å². The van der Waals surface area contributed by atoms with E-state index >= 15 is 0 Å². The van der Waals surface area contributed by atoms with Crippen LogP contribution in [0.25, 0.3) is 0 Å². The smallest absolute Gasteiger partial charge is 0.155 e. The molecule has 114 valence electrons. The molecule has 1 aliphatic heterocycles. The molecular formula is C18H24O3. The van der Waals surface area contributed by atoms with Crippen molar-refractivity contribution < 1.29 is 14.6 Å². The number of aliphatic hydroxyl groups is 1. The van der Waals surface area contributed by atoms with Crippen molar-refractivity contribution in [2.75, 3.05) is 0 Å². The fraction of sp³-hybridized carbons (Fsp3) is 0.833. The van der Waals surface area contributed by atoms with Gasteiger partial charge in [0.05, 0.1) is 17.8 Å². The van der Waals surface area contributed by atoms with Gasteiger partial charge in [0, 0.05) is 6.42 Å². The summed E-state index contributed by atoms with van der Waals surface area (Å²) in [6, 6.07) is 0. The fourth-order valence-electron chi connectivity index (χ4n) is 6.48. The van der Waals surface area contributed by atoms with Crippen LogP contribution in [0, 0.1) is 23.2 Å². The molecule has 3 heteroatoms. The van der Waals surface area contributed by atoms with Gasteiger partial charge in [-0.1, -0.05) is 6.92 Å². The van der Waals surface area contributed by atoms with Crippen LogP contribution < -0.4 is 0 Å². The van der Waals surface area contributed by atoms with E-state index < -0.39 is 5.60 Å². The van der Waals surface area contributed by atoms with E-state index in [1.54, 1.807) is 6.08 Å². The Hall–Kier alpha value is -0.670. The predicted molar refractivity (Wildman–Crippen MR) is 77.6 cm³/mol. The second-order valence-electron chi connectivity index (χ2n) is 8.35. The molecule has 3 saturated carbocycles. The zero-order valence-corrected chi connectivity index (χ0v) is 12.7. The molecule has 4 aliphatic carbocycles. The monoisotopic (exact) mass is 288 g/mol. The molecule has 4 fully saturated rings. The summed E-state index contributed by atoms with van der Waals surface area (Å²) >= 11 is 0. The van der Waals surface area contributed by atoms with Gasteiger partial charge in [0.2, 0.25) is 0 Å². The van der Waals surface area contributed by atoms with Gasteiger partial charge < -0.3 is 9.84 Å². The zero-order chi connectivity index (χ0) is 14.4. The molecule has 3 unspecified atom stereocenters. The molecular weight excluding hydrogens is 264 g/mol. The van der Waals surface area contributed by atoms with E-state index in [0.717, 1.165) is 30.8 Å². The van der Waals surface area contributed by atoms with Crippen molar-refractivity contribution in [3.8, 4) is 0 Å². The van der Waals surface area contributed by atoms with E-state index in [1.165, 1.54) is 12.8 Å². The minimum atomic E-state index is -0.675. The number of hydrogen-bond donors (Lipinski definition) is 1. The van der Waals surface area contributed by atoms with E-state index in [4.69, 9.17) is 4.74 Å². The first kappa shape index (κ1) is 12.8. The number of hydrogen-bond acceptors (Lipinski definition) is 3. The third-order valence-electron chi connectivity index (χ3n) is 7.60. The van der Waals surface area contributed by atoms with E-state index in [2.05, 4.69) is 6.92 Å². The predicted octanol–water partition coefficient (Wildman–Crippen LogP) is 2.62. The van der Waals surface area contributed by atoms with Crippen LogP contribution in [-0.4, -0.2) is 28.7 Å². The van der Waals surface area contributed by atoms with E-state index in [1.807, 2.05) is 0 Å². The average Bonchev–Trinajstić information content (AvgIpc) is 3.17. The summed E-state index contributed by atoms with van der Waals surface area (Å²) < 4.78 is 5.83. The molecule has 21 heavy (non-hydrogen) atoms. The van der Waals surface area contributed by atoms with Crippen LogP contribution in [0.5, 0.6) is 0 Å². The standard InChI is InChI=1S/C18H24O3/c1-17-6-5-13-12(14(17)9-15-16(17)21-15)3-2-10-8-11(19)4-7-18(10,13)20/h8,12-16,20H,2-7,9H2,1H3/t12?,13?,14?,15-,16-,17+,18-/m1/s1. The topological polar surface area (TPSA) is 49.8 Å². The van der Waals surface area contributed by atoms with Crippen molar-refractivity contribution in [3.05, 3.63) is 11.6 Å². The first-order chi connectivity index (χ1) is 10.0. The molecule has 0 radical (unpaired) electrons. The highest BCUT2D eigenvalue weighted by Crippen LogP contribution is 2.67. The molecule has 0 spiro atoms.